The number of rotatable bonds is 0. The fourth-order valence-electron chi connectivity index (χ4n) is 0.478. The Morgan fingerprint density at radius 2 is 1.25 bits per heavy atom. The highest BCUT2D eigenvalue weighted by molar-refractivity contribution is 6.50. The van der Waals surface area contributed by atoms with Crippen molar-refractivity contribution >= 4 is 12.9 Å². The van der Waals surface area contributed by atoms with Gasteiger partial charge in [0.2, 0.25) is 0 Å². The van der Waals surface area contributed by atoms with Crippen LogP contribution in [0, 0.1) is 0 Å². The first-order valence-electron chi connectivity index (χ1n) is 3.14. The molecule has 0 aliphatic heterocycles. The van der Waals surface area contributed by atoms with Crippen LogP contribution in [-0.2, 0) is 0 Å². The molecule has 0 saturated carbocycles. The Hall–Kier alpha value is -1.04. The lowest BCUT2D eigenvalue weighted by molar-refractivity contribution is -0.254. The SMILES string of the molecule is F[B-](F)(F)F.[NH3+]c1ccccc1. The van der Waals surface area contributed by atoms with Crippen molar-refractivity contribution in [3.63, 3.8) is 0 Å². The number of quaternary nitrogens is 1. The summed E-state index contributed by atoms with van der Waals surface area (Å²) in [6.07, 6.45) is 0. The van der Waals surface area contributed by atoms with E-state index in [1.807, 2.05) is 30.3 Å². The predicted molar refractivity (Wildman–Crippen MR) is 39.2 cm³/mol. The Labute approximate surface area is 67.3 Å². The molecule has 12 heavy (non-hydrogen) atoms. The van der Waals surface area contributed by atoms with Crippen LogP contribution in [-0.4, -0.2) is 7.25 Å². The summed E-state index contributed by atoms with van der Waals surface area (Å²) in [7, 11) is -6.00. The molecule has 3 N–H and O–H groups in total. The summed E-state index contributed by atoms with van der Waals surface area (Å²) < 4.78 is 39.0. The lowest BCUT2D eigenvalue weighted by Crippen LogP contribution is -2.39. The molecule has 0 fully saturated rings. The third-order valence-electron chi connectivity index (χ3n) is 0.843. The minimum Gasteiger partial charge on any atom is -0.418 e. The second kappa shape index (κ2) is 4.76. The van der Waals surface area contributed by atoms with Crippen LogP contribution >= 0.6 is 0 Å². The molecule has 0 radical (unpaired) electrons. The average molecular weight is 181 g/mol. The summed E-state index contributed by atoms with van der Waals surface area (Å²) in [4.78, 5) is 0. The quantitative estimate of drug-likeness (QED) is 0.467. The highest BCUT2D eigenvalue weighted by Gasteiger charge is 2.20. The smallest absolute Gasteiger partial charge is 0.418 e. The van der Waals surface area contributed by atoms with E-state index in [-0.39, 0.29) is 0 Å². The van der Waals surface area contributed by atoms with Gasteiger partial charge in [-0.15, -0.1) is 0 Å². The molecule has 0 spiro atoms. The first-order valence-corrected chi connectivity index (χ1v) is 3.14. The van der Waals surface area contributed by atoms with Crippen LogP contribution in [0.4, 0.5) is 23.0 Å². The van der Waals surface area contributed by atoms with Gasteiger partial charge < -0.3 is 23.0 Å². The van der Waals surface area contributed by atoms with E-state index < -0.39 is 7.25 Å². The highest BCUT2D eigenvalue weighted by Crippen LogP contribution is 2.06. The molecule has 0 bridgehead atoms. The van der Waals surface area contributed by atoms with Crippen LogP contribution in [0.5, 0.6) is 0 Å². The molecule has 68 valence electrons. The van der Waals surface area contributed by atoms with Crippen molar-refractivity contribution in [2.75, 3.05) is 0 Å². The van der Waals surface area contributed by atoms with Crippen molar-refractivity contribution < 1.29 is 23.0 Å². The van der Waals surface area contributed by atoms with Gasteiger partial charge in [0.25, 0.3) is 0 Å². The van der Waals surface area contributed by atoms with Crippen molar-refractivity contribution in [3.05, 3.63) is 30.3 Å². The van der Waals surface area contributed by atoms with Gasteiger partial charge in [0.05, 0.1) is 0 Å². The van der Waals surface area contributed by atoms with Crippen LogP contribution in [0.3, 0.4) is 0 Å². The van der Waals surface area contributed by atoms with Gasteiger partial charge in [0, 0.05) is 0 Å². The number of benzene rings is 1. The summed E-state index contributed by atoms with van der Waals surface area (Å²) in [6.45, 7) is 0. The molecule has 1 rings (SSSR count). The molecular weight excluding hydrogens is 173 g/mol. The van der Waals surface area contributed by atoms with E-state index in [4.69, 9.17) is 0 Å². The fraction of sp³-hybridized carbons (Fsp3) is 0. The van der Waals surface area contributed by atoms with Crippen molar-refractivity contribution in [2.45, 2.75) is 0 Å². The molecule has 1 nitrogen and oxygen atoms in total. The molecule has 0 aliphatic rings. The molecular formula is C6H8BF4N. The molecule has 0 saturated heterocycles. The van der Waals surface area contributed by atoms with Crippen molar-refractivity contribution in [3.8, 4) is 0 Å². The van der Waals surface area contributed by atoms with Crippen molar-refractivity contribution in [2.24, 2.45) is 0 Å². The lowest BCUT2D eigenvalue weighted by Gasteiger charge is -1.94. The van der Waals surface area contributed by atoms with Crippen LogP contribution < -0.4 is 5.73 Å². The highest BCUT2D eigenvalue weighted by atomic mass is 19.5. The third kappa shape index (κ3) is 11.7. The molecule has 1 aromatic rings. The van der Waals surface area contributed by atoms with Crippen LogP contribution in [0.1, 0.15) is 0 Å². The summed E-state index contributed by atoms with van der Waals surface area (Å²) in [5, 5.41) is 0. The van der Waals surface area contributed by atoms with E-state index in [2.05, 4.69) is 5.73 Å². The first-order chi connectivity index (χ1) is 5.39. The van der Waals surface area contributed by atoms with Gasteiger partial charge in [-0.25, -0.2) is 0 Å². The zero-order chi connectivity index (χ0) is 9.61. The maximum absolute atomic E-state index is 9.75. The van der Waals surface area contributed by atoms with Crippen LogP contribution in [0.2, 0.25) is 0 Å². The van der Waals surface area contributed by atoms with E-state index >= 15 is 0 Å². The van der Waals surface area contributed by atoms with Gasteiger partial charge in [0.1, 0.15) is 5.69 Å². The zero-order valence-electron chi connectivity index (χ0n) is 6.18. The minimum absolute atomic E-state index is 1.07. The Bertz CT molecular complexity index is 205. The summed E-state index contributed by atoms with van der Waals surface area (Å²) in [5.41, 5.74) is 4.79. The molecule has 6 heteroatoms. The number of halogens is 4. The summed E-state index contributed by atoms with van der Waals surface area (Å²) in [6, 6.07) is 9.87. The average Bonchev–Trinajstić information content (AvgIpc) is 1.85. The lowest BCUT2D eigenvalue weighted by atomic mass is 10.3. The van der Waals surface area contributed by atoms with Gasteiger partial charge in [-0.05, 0) is 12.1 Å². The number of hydrogen-bond donors (Lipinski definition) is 1. The zero-order valence-corrected chi connectivity index (χ0v) is 6.18. The van der Waals surface area contributed by atoms with E-state index in [9.17, 15) is 17.3 Å². The molecule has 0 heterocycles. The van der Waals surface area contributed by atoms with Crippen molar-refractivity contribution in [1.29, 1.82) is 0 Å². The van der Waals surface area contributed by atoms with E-state index in [0.717, 1.165) is 5.69 Å². The Morgan fingerprint density at radius 1 is 0.917 bits per heavy atom. The fourth-order valence-corrected chi connectivity index (χ4v) is 0.478. The van der Waals surface area contributed by atoms with Gasteiger partial charge in [-0.2, -0.15) is 0 Å². The van der Waals surface area contributed by atoms with Gasteiger partial charge in [0.15, 0.2) is 0 Å². The maximum Gasteiger partial charge on any atom is 0.673 e. The molecule has 0 atom stereocenters. The van der Waals surface area contributed by atoms with E-state index in [1.165, 1.54) is 0 Å². The Kier molecular flexibility index (Phi) is 4.35. The van der Waals surface area contributed by atoms with Gasteiger partial charge >= 0.3 is 7.25 Å². The summed E-state index contributed by atoms with van der Waals surface area (Å²) >= 11 is 0. The largest absolute Gasteiger partial charge is 0.673 e. The predicted octanol–water partition coefficient (Wildman–Crippen LogP) is 1.86. The molecule has 0 aromatic heterocycles. The van der Waals surface area contributed by atoms with E-state index in [1.54, 1.807) is 0 Å². The molecule has 0 amide bonds. The Balaban J connectivity index is 0.000000217. The molecule has 0 aliphatic carbocycles. The molecule has 0 unspecified atom stereocenters. The van der Waals surface area contributed by atoms with Crippen LogP contribution in [0.15, 0.2) is 30.3 Å². The maximum atomic E-state index is 9.75. The Morgan fingerprint density at radius 3 is 1.42 bits per heavy atom. The van der Waals surface area contributed by atoms with Gasteiger partial charge in [-0.1, -0.05) is 18.2 Å². The second-order valence-corrected chi connectivity index (χ2v) is 1.98. The second-order valence-electron chi connectivity index (χ2n) is 1.98. The minimum atomic E-state index is -6.00. The standard InChI is InChI=1S/C6H7N.BF4/c7-6-4-2-1-3-5-6;2-1(3,4)5/h1-5H,7H2;/q;-1/p+1. The van der Waals surface area contributed by atoms with Crippen molar-refractivity contribution in [1.82, 2.24) is 0 Å². The van der Waals surface area contributed by atoms with Crippen LogP contribution in [0.25, 0.3) is 0 Å². The normalized spacial score (nSPS) is 10.1. The third-order valence-corrected chi connectivity index (χ3v) is 0.843. The number of hydrogen-bond acceptors (Lipinski definition) is 0. The van der Waals surface area contributed by atoms with E-state index in [0.29, 0.717) is 0 Å². The van der Waals surface area contributed by atoms with Gasteiger partial charge in [-0.3, -0.25) is 0 Å². The monoisotopic (exact) mass is 181 g/mol. The molecule has 1 aromatic carbocycles. The first kappa shape index (κ1) is 11.0. The topological polar surface area (TPSA) is 27.6 Å². The summed E-state index contributed by atoms with van der Waals surface area (Å²) in [5.74, 6) is 0.